The molecule has 2 heterocycles. The summed E-state index contributed by atoms with van der Waals surface area (Å²) < 4.78 is 23.7. The van der Waals surface area contributed by atoms with Crippen LogP contribution in [0.3, 0.4) is 0 Å². The Kier molecular flexibility index (Phi) is 3.90. The Morgan fingerprint density at radius 2 is 2.08 bits per heavy atom. The van der Waals surface area contributed by atoms with Gasteiger partial charge >= 0.3 is 6.09 Å². The highest BCUT2D eigenvalue weighted by Gasteiger charge is 2.35. The van der Waals surface area contributed by atoms with Crippen LogP contribution in [0.4, 0.5) is 9.18 Å². The molecule has 0 bridgehead atoms. The third kappa shape index (κ3) is 3.17. The highest BCUT2D eigenvalue weighted by atomic mass is 19.1. The summed E-state index contributed by atoms with van der Waals surface area (Å²) in [7, 11) is 0. The summed E-state index contributed by atoms with van der Waals surface area (Å²) in [6.07, 6.45) is -0.415. The normalized spacial score (nSPS) is 15.2. The molecule has 0 unspecified atom stereocenters. The lowest BCUT2D eigenvalue weighted by atomic mass is 10.1. The summed E-state index contributed by atoms with van der Waals surface area (Å²) in [5.74, 6) is -1.04. The molecule has 2 aromatic rings. The molecule has 8 heteroatoms. The van der Waals surface area contributed by atoms with Crippen molar-refractivity contribution in [1.29, 1.82) is 0 Å². The van der Waals surface area contributed by atoms with Crippen molar-refractivity contribution < 1.29 is 23.2 Å². The lowest BCUT2D eigenvalue weighted by molar-refractivity contribution is 0.00529. The van der Waals surface area contributed by atoms with E-state index in [0.29, 0.717) is 18.5 Å². The smallest absolute Gasteiger partial charge is 0.410 e. The number of hydrogen-bond acceptors (Lipinski definition) is 5. The van der Waals surface area contributed by atoms with Gasteiger partial charge in [-0.05, 0) is 32.9 Å². The largest absolute Gasteiger partial charge is 0.444 e. The number of para-hydroxylation sites is 1. The second-order valence-corrected chi connectivity index (χ2v) is 6.70. The first kappa shape index (κ1) is 16.2. The van der Waals surface area contributed by atoms with Gasteiger partial charge in [-0.1, -0.05) is 11.2 Å². The zero-order valence-corrected chi connectivity index (χ0v) is 13.6. The molecule has 3 rings (SSSR count). The van der Waals surface area contributed by atoms with E-state index in [1.807, 2.05) is 0 Å². The summed E-state index contributed by atoms with van der Waals surface area (Å²) >= 11 is 0. The summed E-state index contributed by atoms with van der Waals surface area (Å²) in [6, 6.07) is 4.08. The molecule has 1 aliphatic rings. The number of hydrogen-bond donors (Lipinski definition) is 1. The zero-order valence-electron chi connectivity index (χ0n) is 13.6. The third-order valence-electron chi connectivity index (χ3n) is 3.53. The molecule has 0 atom stereocenters. The van der Waals surface area contributed by atoms with Gasteiger partial charge in [0.2, 0.25) is 5.58 Å². The number of ether oxygens (including phenoxy) is 1. The molecule has 0 saturated carbocycles. The molecule has 128 valence electrons. The summed E-state index contributed by atoms with van der Waals surface area (Å²) in [4.78, 5) is 25.6. The molecule has 1 fully saturated rings. The molecule has 1 N–H and O–H groups in total. The molecular formula is C16H18FN3O4. The van der Waals surface area contributed by atoms with Crippen LogP contribution >= 0.6 is 0 Å². The predicted octanol–water partition coefficient (Wildman–Crippen LogP) is 2.32. The minimum Gasteiger partial charge on any atom is -0.444 e. The van der Waals surface area contributed by atoms with Gasteiger partial charge in [0.05, 0.1) is 11.4 Å². The number of carbonyl (C=O) groups excluding carboxylic acids is 2. The van der Waals surface area contributed by atoms with Crippen molar-refractivity contribution in [2.24, 2.45) is 0 Å². The molecule has 0 spiro atoms. The molecule has 1 aromatic carbocycles. The second kappa shape index (κ2) is 5.77. The van der Waals surface area contributed by atoms with E-state index in [4.69, 9.17) is 9.26 Å². The average Bonchev–Trinajstić information content (AvgIpc) is 2.85. The number of aromatic nitrogens is 1. The molecule has 1 saturated heterocycles. The van der Waals surface area contributed by atoms with Crippen LogP contribution in [-0.2, 0) is 4.74 Å². The fourth-order valence-electron chi connectivity index (χ4n) is 2.39. The lowest BCUT2D eigenvalue weighted by Gasteiger charge is -2.39. The van der Waals surface area contributed by atoms with Gasteiger partial charge in [-0.25, -0.2) is 9.18 Å². The molecule has 0 aliphatic carbocycles. The van der Waals surface area contributed by atoms with Crippen molar-refractivity contribution in [3.8, 4) is 0 Å². The Labute approximate surface area is 137 Å². The van der Waals surface area contributed by atoms with Crippen LogP contribution in [0.1, 0.15) is 31.3 Å². The van der Waals surface area contributed by atoms with E-state index >= 15 is 0 Å². The fourth-order valence-corrected chi connectivity index (χ4v) is 2.39. The average molecular weight is 335 g/mol. The highest BCUT2D eigenvalue weighted by Crippen LogP contribution is 2.22. The number of likely N-dealkylation sites (tertiary alicyclic amines) is 1. The van der Waals surface area contributed by atoms with Crippen molar-refractivity contribution in [2.45, 2.75) is 32.4 Å². The zero-order chi connectivity index (χ0) is 17.5. The van der Waals surface area contributed by atoms with Gasteiger partial charge in [-0.3, -0.25) is 4.79 Å². The van der Waals surface area contributed by atoms with Crippen LogP contribution < -0.4 is 5.32 Å². The second-order valence-electron chi connectivity index (χ2n) is 6.70. The van der Waals surface area contributed by atoms with Crippen molar-refractivity contribution in [3.05, 3.63) is 29.7 Å². The summed E-state index contributed by atoms with van der Waals surface area (Å²) in [5.41, 5.74) is -0.582. The fraction of sp³-hybridized carbons (Fsp3) is 0.438. The van der Waals surface area contributed by atoms with Crippen LogP contribution in [0.15, 0.2) is 22.7 Å². The van der Waals surface area contributed by atoms with Crippen molar-refractivity contribution in [3.63, 3.8) is 0 Å². The van der Waals surface area contributed by atoms with Crippen molar-refractivity contribution in [1.82, 2.24) is 15.4 Å². The first-order chi connectivity index (χ1) is 11.2. The Morgan fingerprint density at radius 1 is 1.38 bits per heavy atom. The number of amides is 2. The minimum absolute atomic E-state index is 0.0280. The Balaban J connectivity index is 1.59. The van der Waals surface area contributed by atoms with E-state index < -0.39 is 23.4 Å². The SMILES string of the molecule is CC(C)(C)OC(=O)N1CC(NC(=O)c2noc3c(F)cccc23)C1. The quantitative estimate of drug-likeness (QED) is 0.910. The first-order valence-corrected chi connectivity index (χ1v) is 7.57. The van der Waals surface area contributed by atoms with Gasteiger partial charge in [-0.2, -0.15) is 0 Å². The van der Waals surface area contributed by atoms with E-state index in [9.17, 15) is 14.0 Å². The number of fused-ring (bicyclic) bond motifs is 1. The maximum Gasteiger partial charge on any atom is 0.410 e. The maximum atomic E-state index is 13.6. The molecule has 24 heavy (non-hydrogen) atoms. The monoisotopic (exact) mass is 335 g/mol. The summed E-state index contributed by atoms with van der Waals surface area (Å²) in [5, 5.41) is 6.70. The topological polar surface area (TPSA) is 84.7 Å². The maximum absolute atomic E-state index is 13.6. The van der Waals surface area contributed by atoms with Crippen LogP contribution in [0, 0.1) is 5.82 Å². The minimum atomic E-state index is -0.571. The van der Waals surface area contributed by atoms with Gasteiger partial charge in [0.1, 0.15) is 5.60 Å². The van der Waals surface area contributed by atoms with E-state index in [-0.39, 0.29) is 17.3 Å². The van der Waals surface area contributed by atoms with Crippen molar-refractivity contribution >= 4 is 23.0 Å². The lowest BCUT2D eigenvalue weighted by Crippen LogP contribution is -2.61. The predicted molar refractivity (Wildman–Crippen MR) is 83.0 cm³/mol. The third-order valence-corrected chi connectivity index (χ3v) is 3.53. The highest BCUT2D eigenvalue weighted by molar-refractivity contribution is 6.04. The van der Waals surface area contributed by atoms with Crippen LogP contribution in [0.5, 0.6) is 0 Å². The van der Waals surface area contributed by atoms with Gasteiger partial charge in [0.25, 0.3) is 5.91 Å². The van der Waals surface area contributed by atoms with Gasteiger partial charge in [0, 0.05) is 13.1 Å². The Morgan fingerprint density at radius 3 is 2.75 bits per heavy atom. The van der Waals surface area contributed by atoms with E-state index in [1.165, 1.54) is 17.0 Å². The number of nitrogens with one attached hydrogen (secondary N) is 1. The van der Waals surface area contributed by atoms with Crippen LogP contribution in [0.25, 0.3) is 11.0 Å². The number of benzene rings is 1. The number of carbonyl (C=O) groups is 2. The van der Waals surface area contributed by atoms with E-state index in [2.05, 4.69) is 10.5 Å². The molecular weight excluding hydrogens is 317 g/mol. The van der Waals surface area contributed by atoms with Gasteiger partial charge in [-0.15, -0.1) is 0 Å². The van der Waals surface area contributed by atoms with E-state index in [1.54, 1.807) is 26.8 Å². The van der Waals surface area contributed by atoms with Crippen LogP contribution in [-0.4, -0.2) is 46.8 Å². The molecule has 2 amide bonds. The van der Waals surface area contributed by atoms with Crippen LogP contribution in [0.2, 0.25) is 0 Å². The number of rotatable bonds is 2. The summed E-state index contributed by atoms with van der Waals surface area (Å²) in [6.45, 7) is 6.08. The molecule has 0 radical (unpaired) electrons. The number of halogens is 1. The van der Waals surface area contributed by atoms with Gasteiger partial charge < -0.3 is 19.5 Å². The molecule has 1 aromatic heterocycles. The van der Waals surface area contributed by atoms with Gasteiger partial charge in [0.15, 0.2) is 11.5 Å². The standard InChI is InChI=1S/C16H18FN3O4/c1-16(2,3)23-15(22)20-7-9(8-20)18-14(21)12-10-5-4-6-11(17)13(10)24-19-12/h4-6,9H,7-8H2,1-3H3,(H,18,21). The van der Waals surface area contributed by atoms with E-state index in [0.717, 1.165) is 0 Å². The Bertz CT molecular complexity index is 790. The number of nitrogens with zero attached hydrogens (tertiary/aromatic N) is 2. The Hall–Kier alpha value is -2.64. The molecule has 7 nitrogen and oxygen atoms in total. The van der Waals surface area contributed by atoms with Crippen molar-refractivity contribution in [2.75, 3.05) is 13.1 Å². The molecule has 1 aliphatic heterocycles. The first-order valence-electron chi connectivity index (χ1n) is 7.57.